The standard InChI is InChI=1S/C22H20N2O/c1-2-10-24-20-5-3-16(13-19(20)18-7-9-23-14-21(18)24)15-4-6-22-17(12-15)8-11-25-22/h3-7,9,12-14H,2,8,10-11H2,1H3. The van der Waals surface area contributed by atoms with Crippen LogP contribution in [-0.2, 0) is 13.0 Å². The maximum absolute atomic E-state index is 5.64. The zero-order valence-corrected chi connectivity index (χ0v) is 14.3. The van der Waals surface area contributed by atoms with Crippen LogP contribution in [-0.4, -0.2) is 16.2 Å². The van der Waals surface area contributed by atoms with Gasteiger partial charge in [-0.25, -0.2) is 0 Å². The average molecular weight is 328 g/mol. The third kappa shape index (κ3) is 2.23. The molecule has 2 aromatic heterocycles. The third-order valence-corrected chi connectivity index (χ3v) is 5.14. The summed E-state index contributed by atoms with van der Waals surface area (Å²) in [5, 5.41) is 2.59. The van der Waals surface area contributed by atoms with Crippen LogP contribution >= 0.6 is 0 Å². The monoisotopic (exact) mass is 328 g/mol. The molecule has 1 aliphatic heterocycles. The molecule has 0 radical (unpaired) electrons. The van der Waals surface area contributed by atoms with Crippen LogP contribution in [0, 0.1) is 0 Å². The number of hydrogen-bond acceptors (Lipinski definition) is 2. The van der Waals surface area contributed by atoms with Crippen molar-refractivity contribution in [2.75, 3.05) is 6.61 Å². The number of benzene rings is 2. The molecule has 124 valence electrons. The Bertz CT molecular complexity index is 1090. The van der Waals surface area contributed by atoms with Crippen molar-refractivity contribution < 1.29 is 4.74 Å². The van der Waals surface area contributed by atoms with Crippen LogP contribution in [0.2, 0.25) is 0 Å². The van der Waals surface area contributed by atoms with E-state index in [0.717, 1.165) is 31.7 Å². The predicted octanol–water partition coefficient (Wildman–Crippen LogP) is 5.20. The van der Waals surface area contributed by atoms with Crippen LogP contribution in [0.5, 0.6) is 5.75 Å². The maximum atomic E-state index is 5.64. The largest absolute Gasteiger partial charge is 0.493 e. The molecular formula is C22H20N2O. The highest BCUT2D eigenvalue weighted by Gasteiger charge is 2.14. The molecule has 0 fully saturated rings. The van der Waals surface area contributed by atoms with Gasteiger partial charge in [0.05, 0.1) is 18.3 Å². The predicted molar refractivity (Wildman–Crippen MR) is 102 cm³/mol. The Morgan fingerprint density at radius 1 is 1.00 bits per heavy atom. The molecule has 0 atom stereocenters. The number of aryl methyl sites for hydroxylation is 1. The molecule has 4 aromatic rings. The molecule has 1 aliphatic rings. The second-order valence-corrected chi connectivity index (χ2v) is 6.70. The minimum atomic E-state index is 0.801. The highest BCUT2D eigenvalue weighted by atomic mass is 16.5. The van der Waals surface area contributed by atoms with Crippen LogP contribution in [0.1, 0.15) is 18.9 Å². The van der Waals surface area contributed by atoms with Crippen LogP contribution in [0.15, 0.2) is 54.9 Å². The van der Waals surface area contributed by atoms with Gasteiger partial charge in [0.1, 0.15) is 5.75 Å². The summed E-state index contributed by atoms with van der Waals surface area (Å²) in [5.41, 5.74) is 6.35. The fourth-order valence-corrected chi connectivity index (χ4v) is 3.96. The summed E-state index contributed by atoms with van der Waals surface area (Å²) in [6.45, 7) is 4.03. The fraction of sp³-hybridized carbons (Fsp3) is 0.227. The van der Waals surface area contributed by atoms with Gasteiger partial charge in [-0.3, -0.25) is 4.98 Å². The van der Waals surface area contributed by atoms with E-state index in [4.69, 9.17) is 4.74 Å². The Kier molecular flexibility index (Phi) is 3.27. The molecule has 5 rings (SSSR count). The van der Waals surface area contributed by atoms with Gasteiger partial charge in [0, 0.05) is 35.5 Å². The van der Waals surface area contributed by atoms with Gasteiger partial charge < -0.3 is 9.30 Å². The van der Waals surface area contributed by atoms with Crippen LogP contribution in [0.3, 0.4) is 0 Å². The number of pyridine rings is 1. The average Bonchev–Trinajstić information content (AvgIpc) is 3.24. The van der Waals surface area contributed by atoms with Crippen molar-refractivity contribution in [2.45, 2.75) is 26.3 Å². The smallest absolute Gasteiger partial charge is 0.122 e. The molecule has 0 bridgehead atoms. The van der Waals surface area contributed by atoms with E-state index in [-0.39, 0.29) is 0 Å². The third-order valence-electron chi connectivity index (χ3n) is 5.14. The molecule has 3 heteroatoms. The minimum absolute atomic E-state index is 0.801. The Labute approximate surface area is 146 Å². The van der Waals surface area contributed by atoms with Gasteiger partial charge in [0.2, 0.25) is 0 Å². The quantitative estimate of drug-likeness (QED) is 0.517. The summed E-state index contributed by atoms with van der Waals surface area (Å²) in [4.78, 5) is 4.34. The topological polar surface area (TPSA) is 27.1 Å². The van der Waals surface area contributed by atoms with Gasteiger partial charge in [0.15, 0.2) is 0 Å². The molecule has 0 unspecified atom stereocenters. The van der Waals surface area contributed by atoms with Crippen molar-refractivity contribution in [2.24, 2.45) is 0 Å². The summed E-state index contributed by atoms with van der Waals surface area (Å²) in [5.74, 6) is 1.04. The number of nitrogens with zero attached hydrogens (tertiary/aromatic N) is 2. The van der Waals surface area contributed by atoms with Crippen molar-refractivity contribution in [3.8, 4) is 16.9 Å². The van der Waals surface area contributed by atoms with Crippen molar-refractivity contribution in [1.82, 2.24) is 9.55 Å². The lowest BCUT2D eigenvalue weighted by atomic mass is 10.00. The van der Waals surface area contributed by atoms with Gasteiger partial charge >= 0.3 is 0 Å². The zero-order valence-electron chi connectivity index (χ0n) is 14.3. The SMILES string of the molecule is CCCn1c2ccc(-c3ccc4c(c3)CCO4)cc2c2ccncc21. The molecule has 0 amide bonds. The summed E-state index contributed by atoms with van der Waals surface area (Å²) < 4.78 is 8.02. The van der Waals surface area contributed by atoms with E-state index >= 15 is 0 Å². The van der Waals surface area contributed by atoms with Gasteiger partial charge in [0.25, 0.3) is 0 Å². The lowest BCUT2D eigenvalue weighted by Gasteiger charge is -2.07. The van der Waals surface area contributed by atoms with E-state index in [1.54, 1.807) is 0 Å². The van der Waals surface area contributed by atoms with Crippen molar-refractivity contribution >= 4 is 21.8 Å². The molecule has 0 saturated heterocycles. The normalized spacial score (nSPS) is 13.3. The lowest BCUT2D eigenvalue weighted by Crippen LogP contribution is -1.95. The molecule has 0 spiro atoms. The van der Waals surface area contributed by atoms with Crippen molar-refractivity contribution in [3.63, 3.8) is 0 Å². The van der Waals surface area contributed by atoms with Crippen LogP contribution in [0.25, 0.3) is 32.9 Å². The second-order valence-electron chi connectivity index (χ2n) is 6.70. The molecular weight excluding hydrogens is 308 g/mol. The first kappa shape index (κ1) is 14.5. The van der Waals surface area contributed by atoms with Crippen LogP contribution < -0.4 is 4.74 Å². The fourth-order valence-electron chi connectivity index (χ4n) is 3.96. The Balaban J connectivity index is 1.73. The Hall–Kier alpha value is -2.81. The van der Waals surface area contributed by atoms with Crippen molar-refractivity contribution in [3.05, 3.63) is 60.4 Å². The number of ether oxygens (including phenoxy) is 1. The molecule has 2 aromatic carbocycles. The van der Waals surface area contributed by atoms with Gasteiger partial charge in [-0.1, -0.05) is 19.1 Å². The first-order chi connectivity index (χ1) is 12.3. The summed E-state index contributed by atoms with van der Waals surface area (Å²) in [7, 11) is 0. The summed E-state index contributed by atoms with van der Waals surface area (Å²) >= 11 is 0. The van der Waals surface area contributed by atoms with E-state index in [9.17, 15) is 0 Å². The number of hydrogen-bond donors (Lipinski definition) is 0. The molecule has 0 aliphatic carbocycles. The van der Waals surface area contributed by atoms with Gasteiger partial charge in [-0.2, -0.15) is 0 Å². The molecule has 3 heterocycles. The first-order valence-corrected chi connectivity index (χ1v) is 8.97. The van der Waals surface area contributed by atoms with E-state index in [2.05, 4.69) is 58.9 Å². The number of fused-ring (bicyclic) bond motifs is 4. The lowest BCUT2D eigenvalue weighted by molar-refractivity contribution is 0.357. The summed E-state index contributed by atoms with van der Waals surface area (Å²) in [6.07, 6.45) is 5.99. The molecule has 25 heavy (non-hydrogen) atoms. The van der Waals surface area contributed by atoms with Crippen LogP contribution in [0.4, 0.5) is 0 Å². The van der Waals surface area contributed by atoms with E-state index in [1.807, 2.05) is 12.4 Å². The highest BCUT2D eigenvalue weighted by molar-refractivity contribution is 6.09. The zero-order chi connectivity index (χ0) is 16.8. The first-order valence-electron chi connectivity index (χ1n) is 8.97. The van der Waals surface area contributed by atoms with E-state index < -0.39 is 0 Å². The Morgan fingerprint density at radius 2 is 1.88 bits per heavy atom. The molecule has 0 N–H and O–H groups in total. The second kappa shape index (κ2) is 5.62. The van der Waals surface area contributed by atoms with Gasteiger partial charge in [-0.15, -0.1) is 0 Å². The van der Waals surface area contributed by atoms with E-state index in [1.165, 1.54) is 38.5 Å². The summed E-state index contributed by atoms with van der Waals surface area (Å²) in [6, 6.07) is 15.5. The maximum Gasteiger partial charge on any atom is 0.122 e. The Morgan fingerprint density at radius 3 is 2.80 bits per heavy atom. The van der Waals surface area contributed by atoms with Gasteiger partial charge in [-0.05, 0) is 53.4 Å². The minimum Gasteiger partial charge on any atom is -0.493 e. The van der Waals surface area contributed by atoms with E-state index in [0.29, 0.717) is 0 Å². The number of rotatable bonds is 3. The molecule has 3 nitrogen and oxygen atoms in total. The molecule has 0 saturated carbocycles. The highest BCUT2D eigenvalue weighted by Crippen LogP contribution is 2.35. The van der Waals surface area contributed by atoms with Crippen molar-refractivity contribution in [1.29, 1.82) is 0 Å². The number of aromatic nitrogens is 2.